The second kappa shape index (κ2) is 6.55. The second-order valence-electron chi connectivity index (χ2n) is 3.17. The first-order chi connectivity index (χ1) is 8.47. The number of carbonyl (C=O) groups excluding carboxylic acids is 1. The van der Waals surface area contributed by atoms with Crippen molar-refractivity contribution in [2.45, 2.75) is 6.92 Å². The number of halogens is 2. The highest BCUT2D eigenvalue weighted by molar-refractivity contribution is 9.10. The molecular formula is C10H10BrClN2O4. The van der Waals surface area contributed by atoms with Crippen molar-refractivity contribution in [3.05, 3.63) is 31.7 Å². The molecule has 1 aromatic carbocycles. The third-order valence-corrected chi connectivity index (χ3v) is 3.25. The first-order valence-electron chi connectivity index (χ1n) is 4.99. The SMILES string of the molecule is CCOC(=O)CNc1ccc(Br)c(Cl)c1[N+](=O)[O-]. The van der Waals surface area contributed by atoms with Crippen LogP contribution in [0.5, 0.6) is 0 Å². The third-order valence-electron chi connectivity index (χ3n) is 1.98. The molecule has 8 heteroatoms. The summed E-state index contributed by atoms with van der Waals surface area (Å²) in [6, 6.07) is 3.02. The lowest BCUT2D eigenvalue weighted by Gasteiger charge is -2.08. The first kappa shape index (κ1) is 14.7. The summed E-state index contributed by atoms with van der Waals surface area (Å²) >= 11 is 8.92. The number of anilines is 1. The Morgan fingerprint density at radius 1 is 1.61 bits per heavy atom. The van der Waals surface area contributed by atoms with Gasteiger partial charge in [-0.1, -0.05) is 11.6 Å². The molecule has 0 bridgehead atoms. The van der Waals surface area contributed by atoms with Crippen molar-refractivity contribution in [1.29, 1.82) is 0 Å². The number of hydrogen-bond acceptors (Lipinski definition) is 5. The molecule has 0 aliphatic rings. The molecule has 0 fully saturated rings. The largest absolute Gasteiger partial charge is 0.465 e. The highest BCUT2D eigenvalue weighted by Gasteiger charge is 2.21. The molecule has 0 unspecified atom stereocenters. The van der Waals surface area contributed by atoms with E-state index in [1.807, 2.05) is 0 Å². The van der Waals surface area contributed by atoms with E-state index in [2.05, 4.69) is 21.2 Å². The Kier molecular flexibility index (Phi) is 5.36. The van der Waals surface area contributed by atoms with E-state index in [9.17, 15) is 14.9 Å². The Labute approximate surface area is 117 Å². The van der Waals surface area contributed by atoms with Gasteiger partial charge in [0.25, 0.3) is 0 Å². The molecule has 0 atom stereocenters. The molecule has 0 saturated heterocycles. The molecule has 1 rings (SSSR count). The number of nitro benzene ring substituents is 1. The van der Waals surface area contributed by atoms with Crippen LogP contribution < -0.4 is 5.32 Å². The minimum Gasteiger partial charge on any atom is -0.465 e. The Bertz CT molecular complexity index is 481. The third kappa shape index (κ3) is 3.58. The number of benzene rings is 1. The van der Waals surface area contributed by atoms with Crippen LogP contribution >= 0.6 is 27.5 Å². The highest BCUT2D eigenvalue weighted by atomic mass is 79.9. The lowest BCUT2D eigenvalue weighted by molar-refractivity contribution is -0.383. The average Bonchev–Trinajstić information content (AvgIpc) is 2.30. The molecule has 1 N–H and O–H groups in total. The highest BCUT2D eigenvalue weighted by Crippen LogP contribution is 2.37. The van der Waals surface area contributed by atoms with Crippen molar-refractivity contribution >= 4 is 44.9 Å². The minimum atomic E-state index is -0.611. The number of carbonyl (C=O) groups is 1. The van der Waals surface area contributed by atoms with Crippen molar-refractivity contribution in [2.24, 2.45) is 0 Å². The van der Waals surface area contributed by atoms with E-state index in [0.29, 0.717) is 4.47 Å². The molecule has 0 amide bonds. The van der Waals surface area contributed by atoms with Crippen LogP contribution in [0.25, 0.3) is 0 Å². The van der Waals surface area contributed by atoms with Gasteiger partial charge in [-0.3, -0.25) is 14.9 Å². The van der Waals surface area contributed by atoms with E-state index < -0.39 is 10.9 Å². The normalized spacial score (nSPS) is 9.94. The summed E-state index contributed by atoms with van der Waals surface area (Å²) in [7, 11) is 0. The van der Waals surface area contributed by atoms with Gasteiger partial charge in [-0.2, -0.15) is 0 Å². The number of nitrogens with one attached hydrogen (secondary N) is 1. The lowest BCUT2D eigenvalue weighted by atomic mass is 10.2. The average molecular weight is 338 g/mol. The minimum absolute atomic E-state index is 0.0196. The number of nitrogens with zero attached hydrogens (tertiary/aromatic N) is 1. The summed E-state index contributed by atoms with van der Waals surface area (Å²) in [4.78, 5) is 21.5. The van der Waals surface area contributed by atoms with Crippen LogP contribution in [-0.2, 0) is 9.53 Å². The second-order valence-corrected chi connectivity index (χ2v) is 4.41. The van der Waals surface area contributed by atoms with Crippen molar-refractivity contribution < 1.29 is 14.5 Å². The zero-order valence-electron chi connectivity index (χ0n) is 9.41. The van der Waals surface area contributed by atoms with E-state index in [4.69, 9.17) is 16.3 Å². The summed E-state index contributed by atoms with van der Waals surface area (Å²) in [5.74, 6) is -0.495. The number of rotatable bonds is 5. The number of hydrogen-bond donors (Lipinski definition) is 1. The summed E-state index contributed by atoms with van der Waals surface area (Å²) < 4.78 is 5.12. The fourth-order valence-corrected chi connectivity index (χ4v) is 1.79. The first-order valence-corrected chi connectivity index (χ1v) is 6.16. The van der Waals surface area contributed by atoms with Gasteiger partial charge in [-0.05, 0) is 35.0 Å². The van der Waals surface area contributed by atoms with Crippen LogP contribution in [0.15, 0.2) is 16.6 Å². The lowest BCUT2D eigenvalue weighted by Crippen LogP contribution is -2.17. The van der Waals surface area contributed by atoms with Gasteiger partial charge < -0.3 is 10.1 Å². The molecule has 18 heavy (non-hydrogen) atoms. The Morgan fingerprint density at radius 2 is 2.28 bits per heavy atom. The van der Waals surface area contributed by atoms with E-state index in [-0.39, 0.29) is 29.5 Å². The predicted molar refractivity (Wildman–Crippen MR) is 70.9 cm³/mol. The summed E-state index contributed by atoms with van der Waals surface area (Å²) in [6.45, 7) is 1.77. The van der Waals surface area contributed by atoms with Crippen molar-refractivity contribution in [3.63, 3.8) is 0 Å². The molecule has 0 aromatic heterocycles. The van der Waals surface area contributed by atoms with Crippen LogP contribution in [0.3, 0.4) is 0 Å². The Hall–Kier alpha value is -1.34. The van der Waals surface area contributed by atoms with Crippen LogP contribution in [0, 0.1) is 10.1 Å². The topological polar surface area (TPSA) is 81.5 Å². The van der Waals surface area contributed by atoms with Gasteiger partial charge in [-0.15, -0.1) is 0 Å². The number of esters is 1. The molecule has 0 radical (unpaired) electrons. The van der Waals surface area contributed by atoms with Crippen LogP contribution in [0.1, 0.15) is 6.92 Å². The van der Waals surface area contributed by atoms with E-state index in [1.165, 1.54) is 6.07 Å². The Balaban J connectivity index is 2.92. The van der Waals surface area contributed by atoms with Crippen molar-refractivity contribution in [3.8, 4) is 0 Å². The summed E-state index contributed by atoms with van der Waals surface area (Å²) in [5.41, 5.74) is -0.114. The molecule has 6 nitrogen and oxygen atoms in total. The molecule has 0 heterocycles. The maximum atomic E-state index is 11.2. The molecule has 0 aliphatic carbocycles. The fourth-order valence-electron chi connectivity index (χ4n) is 1.24. The monoisotopic (exact) mass is 336 g/mol. The molecule has 0 spiro atoms. The maximum absolute atomic E-state index is 11.2. The smallest absolute Gasteiger partial charge is 0.325 e. The standard InChI is InChI=1S/C10H10BrClN2O4/c1-2-18-8(15)5-13-7-4-3-6(11)9(12)10(7)14(16)17/h3-4,13H,2,5H2,1H3. The molecular weight excluding hydrogens is 327 g/mol. The van der Waals surface area contributed by atoms with Crippen LogP contribution in [0.4, 0.5) is 11.4 Å². The van der Waals surface area contributed by atoms with Gasteiger partial charge in [-0.25, -0.2) is 0 Å². The van der Waals surface area contributed by atoms with Crippen molar-refractivity contribution in [1.82, 2.24) is 0 Å². The summed E-state index contributed by atoms with van der Waals surface area (Å²) in [6.07, 6.45) is 0. The van der Waals surface area contributed by atoms with E-state index in [1.54, 1.807) is 13.0 Å². The van der Waals surface area contributed by atoms with Gasteiger partial charge in [0.2, 0.25) is 0 Å². The van der Waals surface area contributed by atoms with Gasteiger partial charge in [0.1, 0.15) is 17.3 Å². The number of nitro groups is 1. The zero-order valence-corrected chi connectivity index (χ0v) is 11.7. The number of ether oxygens (including phenoxy) is 1. The molecule has 0 saturated carbocycles. The quantitative estimate of drug-likeness (QED) is 0.507. The van der Waals surface area contributed by atoms with Gasteiger partial charge in [0.15, 0.2) is 0 Å². The van der Waals surface area contributed by atoms with Gasteiger partial charge in [0, 0.05) is 4.47 Å². The molecule has 98 valence electrons. The maximum Gasteiger partial charge on any atom is 0.325 e. The predicted octanol–water partition coefficient (Wildman–Crippen LogP) is 2.99. The van der Waals surface area contributed by atoms with E-state index in [0.717, 1.165) is 0 Å². The molecule has 0 aliphatic heterocycles. The van der Waals surface area contributed by atoms with E-state index >= 15 is 0 Å². The Morgan fingerprint density at radius 3 is 2.83 bits per heavy atom. The van der Waals surface area contributed by atoms with Crippen LogP contribution in [-0.4, -0.2) is 24.0 Å². The zero-order chi connectivity index (χ0) is 13.7. The van der Waals surface area contributed by atoms with Gasteiger partial charge in [0.05, 0.1) is 11.5 Å². The summed E-state index contributed by atoms with van der Waals surface area (Å²) in [5, 5.41) is 13.5. The van der Waals surface area contributed by atoms with Crippen molar-refractivity contribution in [2.75, 3.05) is 18.5 Å². The van der Waals surface area contributed by atoms with Crippen LogP contribution in [0.2, 0.25) is 5.02 Å². The molecule has 1 aromatic rings. The fraction of sp³-hybridized carbons (Fsp3) is 0.300. The van der Waals surface area contributed by atoms with Gasteiger partial charge >= 0.3 is 11.7 Å².